The molecule has 2 heteroatoms. The molecule has 1 fully saturated rings. The van der Waals surface area contributed by atoms with E-state index < -0.39 is 0 Å². The lowest BCUT2D eigenvalue weighted by Crippen LogP contribution is -1.83. The quantitative estimate of drug-likeness (QED) is 0.514. The second-order valence-electron chi connectivity index (χ2n) is 2.84. The molecule has 60 valence electrons. The van der Waals surface area contributed by atoms with Crippen molar-refractivity contribution in [1.29, 1.82) is 0 Å². The van der Waals surface area contributed by atoms with Gasteiger partial charge in [-0.15, -0.1) is 6.42 Å². The fourth-order valence-electron chi connectivity index (χ4n) is 1.24. The molecule has 12 heavy (non-hydrogen) atoms. The summed E-state index contributed by atoms with van der Waals surface area (Å²) in [6.07, 6.45) is 5.25. The number of hydrogen-bond donors (Lipinski definition) is 1. The lowest BCUT2D eigenvalue weighted by atomic mass is 10.1. The summed E-state index contributed by atoms with van der Waals surface area (Å²) < 4.78 is 0. The summed E-state index contributed by atoms with van der Waals surface area (Å²) in [5.41, 5.74) is 1.21. The van der Waals surface area contributed by atoms with Crippen LogP contribution < -0.4 is 5.32 Å². The van der Waals surface area contributed by atoms with E-state index in [1.165, 1.54) is 5.56 Å². The van der Waals surface area contributed by atoms with E-state index in [1.807, 2.05) is 24.3 Å². The van der Waals surface area contributed by atoms with E-state index in [4.69, 9.17) is 18.0 Å². The van der Waals surface area contributed by atoms with Crippen LogP contribution in [0.5, 0.6) is 0 Å². The Morgan fingerprint density at radius 3 is 2.50 bits per heavy atom. The number of halogens is 1. The molecule has 2 rings (SSSR count). The average molecular weight is 178 g/mol. The van der Waals surface area contributed by atoms with Crippen LogP contribution in [-0.4, -0.2) is 6.04 Å². The Labute approximate surface area is 76.7 Å². The topological polar surface area (TPSA) is 21.9 Å². The Morgan fingerprint density at radius 2 is 2.00 bits per heavy atom. The second-order valence-corrected chi connectivity index (χ2v) is 3.28. The largest absolute Gasteiger partial charge is 0.293 e. The van der Waals surface area contributed by atoms with E-state index in [1.54, 1.807) is 0 Å². The molecular weight excluding hydrogens is 170 g/mol. The smallest absolute Gasteiger partial charge is 0.0890 e. The van der Waals surface area contributed by atoms with Crippen LogP contribution in [0.15, 0.2) is 24.3 Å². The van der Waals surface area contributed by atoms with Gasteiger partial charge in [0.05, 0.1) is 12.1 Å². The molecule has 0 aromatic heterocycles. The molecule has 0 spiro atoms. The molecule has 0 aliphatic carbocycles. The van der Waals surface area contributed by atoms with Crippen LogP contribution in [0.4, 0.5) is 0 Å². The third-order valence-corrected chi connectivity index (χ3v) is 2.24. The van der Waals surface area contributed by atoms with Crippen molar-refractivity contribution in [1.82, 2.24) is 5.32 Å². The van der Waals surface area contributed by atoms with Crippen molar-refractivity contribution in [2.75, 3.05) is 0 Å². The molecule has 1 aliphatic rings. The Bertz CT molecular complexity index is 323. The van der Waals surface area contributed by atoms with Crippen molar-refractivity contribution in [2.45, 2.75) is 12.1 Å². The van der Waals surface area contributed by atoms with Crippen LogP contribution in [0.2, 0.25) is 5.02 Å². The van der Waals surface area contributed by atoms with Crippen LogP contribution in [0.1, 0.15) is 11.6 Å². The van der Waals surface area contributed by atoms with Gasteiger partial charge in [0, 0.05) is 5.02 Å². The van der Waals surface area contributed by atoms with Crippen LogP contribution >= 0.6 is 11.6 Å². The van der Waals surface area contributed by atoms with E-state index in [2.05, 4.69) is 11.2 Å². The van der Waals surface area contributed by atoms with Gasteiger partial charge in [0.15, 0.2) is 0 Å². The maximum Gasteiger partial charge on any atom is 0.0890 e. The van der Waals surface area contributed by atoms with Gasteiger partial charge in [-0.05, 0) is 17.7 Å². The fourth-order valence-corrected chi connectivity index (χ4v) is 1.37. The average Bonchev–Trinajstić information content (AvgIpc) is 2.85. The van der Waals surface area contributed by atoms with Crippen molar-refractivity contribution in [2.24, 2.45) is 0 Å². The summed E-state index contributed by atoms with van der Waals surface area (Å²) in [7, 11) is 0. The molecule has 2 unspecified atom stereocenters. The predicted molar refractivity (Wildman–Crippen MR) is 49.9 cm³/mol. The minimum atomic E-state index is 0.214. The van der Waals surface area contributed by atoms with E-state index >= 15 is 0 Å². The molecule has 2 atom stereocenters. The zero-order chi connectivity index (χ0) is 8.55. The van der Waals surface area contributed by atoms with E-state index in [9.17, 15) is 0 Å². The normalized spacial score (nSPS) is 26.3. The molecule has 0 amide bonds. The third kappa shape index (κ3) is 1.32. The second kappa shape index (κ2) is 2.82. The van der Waals surface area contributed by atoms with Crippen LogP contribution in [0.3, 0.4) is 0 Å². The molecule has 1 nitrogen and oxygen atoms in total. The first-order valence-electron chi connectivity index (χ1n) is 3.79. The fraction of sp³-hybridized carbons (Fsp3) is 0.200. The Morgan fingerprint density at radius 1 is 1.33 bits per heavy atom. The molecular formula is C10H8ClN. The Kier molecular flexibility index (Phi) is 1.80. The SMILES string of the molecule is C#CC1NC1c1ccc(Cl)cc1. The zero-order valence-electron chi connectivity index (χ0n) is 6.42. The van der Waals surface area contributed by atoms with Crippen molar-refractivity contribution in [3.05, 3.63) is 34.9 Å². The van der Waals surface area contributed by atoms with Gasteiger partial charge in [0.2, 0.25) is 0 Å². The number of rotatable bonds is 1. The van der Waals surface area contributed by atoms with Crippen LogP contribution in [0.25, 0.3) is 0 Å². The minimum absolute atomic E-state index is 0.214. The zero-order valence-corrected chi connectivity index (χ0v) is 7.18. The molecule has 1 aromatic rings. The first-order chi connectivity index (χ1) is 5.81. The van der Waals surface area contributed by atoms with E-state index in [0.717, 1.165) is 5.02 Å². The number of terminal acetylenes is 1. The summed E-state index contributed by atoms with van der Waals surface area (Å²) in [4.78, 5) is 0. The summed E-state index contributed by atoms with van der Waals surface area (Å²) >= 11 is 5.75. The molecule has 1 aromatic carbocycles. The number of benzene rings is 1. The first kappa shape index (κ1) is 7.67. The Balaban J connectivity index is 2.17. The third-order valence-electron chi connectivity index (χ3n) is 1.99. The van der Waals surface area contributed by atoms with Crippen molar-refractivity contribution in [3.8, 4) is 12.3 Å². The Hall–Kier alpha value is -0.970. The van der Waals surface area contributed by atoms with Crippen molar-refractivity contribution in [3.63, 3.8) is 0 Å². The maximum absolute atomic E-state index is 5.75. The summed E-state index contributed by atoms with van der Waals surface area (Å²) in [5, 5.41) is 3.94. The summed E-state index contributed by atoms with van der Waals surface area (Å²) in [5.74, 6) is 2.66. The van der Waals surface area contributed by atoms with Gasteiger partial charge >= 0.3 is 0 Å². The molecule has 0 saturated carbocycles. The molecule has 1 N–H and O–H groups in total. The van der Waals surface area contributed by atoms with Gasteiger partial charge in [-0.1, -0.05) is 29.7 Å². The van der Waals surface area contributed by atoms with E-state index in [-0.39, 0.29) is 6.04 Å². The highest BCUT2D eigenvalue weighted by atomic mass is 35.5. The van der Waals surface area contributed by atoms with Crippen molar-refractivity contribution < 1.29 is 0 Å². The number of hydrogen-bond acceptors (Lipinski definition) is 1. The molecule has 1 aliphatic heterocycles. The van der Waals surface area contributed by atoms with Gasteiger partial charge in [0.1, 0.15) is 0 Å². The van der Waals surface area contributed by atoms with Gasteiger partial charge in [-0.25, -0.2) is 0 Å². The van der Waals surface area contributed by atoms with Crippen LogP contribution in [-0.2, 0) is 0 Å². The minimum Gasteiger partial charge on any atom is -0.293 e. The summed E-state index contributed by atoms with van der Waals surface area (Å²) in [6, 6.07) is 8.31. The van der Waals surface area contributed by atoms with Gasteiger partial charge in [-0.2, -0.15) is 0 Å². The van der Waals surface area contributed by atoms with Gasteiger partial charge in [0.25, 0.3) is 0 Å². The lowest BCUT2D eigenvalue weighted by molar-refractivity contribution is 1.07. The first-order valence-corrected chi connectivity index (χ1v) is 4.17. The van der Waals surface area contributed by atoms with Crippen LogP contribution in [0, 0.1) is 12.3 Å². The molecule has 1 heterocycles. The van der Waals surface area contributed by atoms with Gasteiger partial charge < -0.3 is 0 Å². The molecule has 1 saturated heterocycles. The summed E-state index contributed by atoms with van der Waals surface area (Å²) in [6.45, 7) is 0. The van der Waals surface area contributed by atoms with Crippen molar-refractivity contribution >= 4 is 11.6 Å². The highest BCUT2D eigenvalue weighted by molar-refractivity contribution is 6.30. The monoisotopic (exact) mass is 177 g/mol. The highest BCUT2D eigenvalue weighted by Crippen LogP contribution is 2.29. The lowest BCUT2D eigenvalue weighted by Gasteiger charge is -1.95. The predicted octanol–water partition coefficient (Wildman–Crippen LogP) is 1.99. The van der Waals surface area contributed by atoms with E-state index in [0.29, 0.717) is 6.04 Å². The highest BCUT2D eigenvalue weighted by Gasteiger charge is 2.35. The number of nitrogens with one attached hydrogen (secondary N) is 1. The standard InChI is InChI=1S/C10H8ClN/c1-2-9-10(12-9)7-3-5-8(11)6-4-7/h1,3-6,9-10,12H. The molecule has 0 bridgehead atoms. The maximum atomic E-state index is 5.75. The van der Waals surface area contributed by atoms with Gasteiger partial charge in [-0.3, -0.25) is 5.32 Å². The molecule has 0 radical (unpaired) electrons.